The third-order valence-corrected chi connectivity index (χ3v) is 3.94. The highest BCUT2D eigenvalue weighted by molar-refractivity contribution is 7.85. The topological polar surface area (TPSA) is 121 Å². The Bertz CT molecular complexity index is 759. The van der Waals surface area contributed by atoms with Gasteiger partial charge in [-0.25, -0.2) is 4.79 Å². The molecule has 0 saturated carbocycles. The van der Waals surface area contributed by atoms with E-state index in [2.05, 4.69) is 0 Å². The number of hydrogen-bond donors (Lipinski definition) is 3. The maximum atomic E-state index is 11.4. The Morgan fingerprint density at radius 1 is 1.00 bits per heavy atom. The van der Waals surface area contributed by atoms with Gasteiger partial charge in [-0.15, -0.1) is 0 Å². The summed E-state index contributed by atoms with van der Waals surface area (Å²) in [5, 5.41) is 18.4. The highest BCUT2D eigenvalue weighted by Crippen LogP contribution is 2.05. The number of carbonyl (C=O) groups excluding carboxylic acids is 1. The molecule has 2 rings (SSSR count). The van der Waals surface area contributed by atoms with Crippen molar-refractivity contribution in [3.05, 3.63) is 66.2 Å². The predicted octanol–water partition coefficient (Wildman–Crippen LogP) is 1.91. The van der Waals surface area contributed by atoms with Crippen LogP contribution in [0, 0.1) is 0 Å². The van der Waals surface area contributed by atoms with E-state index in [1.807, 2.05) is 0 Å². The van der Waals surface area contributed by atoms with Crippen molar-refractivity contribution in [2.75, 3.05) is 6.61 Å². The molecule has 0 radical (unpaired) electrons. The highest BCUT2D eigenvalue weighted by Gasteiger charge is 2.12. The number of esters is 1. The first-order valence-electron chi connectivity index (χ1n) is 7.81. The van der Waals surface area contributed by atoms with E-state index in [1.165, 1.54) is 12.1 Å². The summed E-state index contributed by atoms with van der Waals surface area (Å²) in [5.74, 6) is -0.467. The van der Waals surface area contributed by atoms with Crippen molar-refractivity contribution in [3.63, 3.8) is 0 Å². The van der Waals surface area contributed by atoms with Gasteiger partial charge in [-0.3, -0.25) is 4.55 Å². The molecule has 2 aromatic carbocycles. The summed E-state index contributed by atoms with van der Waals surface area (Å²) in [5.41, 5.74) is 0.451. The van der Waals surface area contributed by atoms with Crippen LogP contribution in [0.1, 0.15) is 23.7 Å². The fourth-order valence-electron chi connectivity index (χ4n) is 1.88. The Morgan fingerprint density at radius 2 is 1.50 bits per heavy atom. The van der Waals surface area contributed by atoms with Crippen molar-refractivity contribution in [2.24, 2.45) is 0 Å². The normalized spacial score (nSPS) is 13.1. The summed E-state index contributed by atoms with van der Waals surface area (Å²) in [6, 6.07) is 16.0. The molecule has 0 fully saturated rings. The van der Waals surface area contributed by atoms with Gasteiger partial charge < -0.3 is 14.9 Å². The van der Waals surface area contributed by atoms with Crippen molar-refractivity contribution < 1.29 is 32.7 Å². The smallest absolute Gasteiger partial charge is 0.338 e. The van der Waals surface area contributed by atoms with Gasteiger partial charge >= 0.3 is 5.97 Å². The van der Waals surface area contributed by atoms with Gasteiger partial charge in [0.05, 0.1) is 22.7 Å². The number of rotatable bonds is 6. The minimum absolute atomic E-state index is 0.0741. The van der Waals surface area contributed by atoms with Crippen molar-refractivity contribution >= 4 is 16.1 Å². The van der Waals surface area contributed by atoms with Crippen molar-refractivity contribution in [3.8, 4) is 0 Å². The number of aliphatic hydroxyl groups is 2. The van der Waals surface area contributed by atoms with Crippen molar-refractivity contribution in [1.82, 2.24) is 0 Å². The third kappa shape index (κ3) is 8.72. The zero-order valence-electron chi connectivity index (χ0n) is 14.2. The summed E-state index contributed by atoms with van der Waals surface area (Å²) in [6.45, 7) is 1.47. The van der Waals surface area contributed by atoms with Crippen LogP contribution in [0.4, 0.5) is 0 Å². The van der Waals surface area contributed by atoms with Gasteiger partial charge in [0, 0.05) is 6.42 Å². The summed E-state index contributed by atoms with van der Waals surface area (Å²) in [6.07, 6.45) is -1.24. The van der Waals surface area contributed by atoms with E-state index in [4.69, 9.17) is 14.4 Å². The minimum Gasteiger partial charge on any atom is -0.459 e. The Hall–Kier alpha value is -2.26. The van der Waals surface area contributed by atoms with Crippen LogP contribution in [0.15, 0.2) is 65.6 Å². The lowest BCUT2D eigenvalue weighted by molar-refractivity contribution is 0.0116. The second kappa shape index (κ2) is 10.7. The van der Waals surface area contributed by atoms with Crippen LogP contribution in [0.5, 0.6) is 0 Å². The molecule has 142 valence electrons. The molecule has 7 nitrogen and oxygen atoms in total. The molecule has 3 N–H and O–H groups in total. The molecule has 0 spiro atoms. The molecule has 0 aliphatic rings. The van der Waals surface area contributed by atoms with E-state index in [-0.39, 0.29) is 17.9 Å². The zero-order valence-corrected chi connectivity index (χ0v) is 15.0. The molecule has 2 atom stereocenters. The van der Waals surface area contributed by atoms with Gasteiger partial charge in [0.25, 0.3) is 10.1 Å². The van der Waals surface area contributed by atoms with Gasteiger partial charge in [0.2, 0.25) is 0 Å². The van der Waals surface area contributed by atoms with E-state index in [0.29, 0.717) is 5.56 Å². The second-order valence-electron chi connectivity index (χ2n) is 5.49. The van der Waals surface area contributed by atoms with Crippen LogP contribution in [0.3, 0.4) is 0 Å². The monoisotopic (exact) mass is 382 g/mol. The minimum atomic E-state index is -4.00. The van der Waals surface area contributed by atoms with Gasteiger partial charge in [-0.1, -0.05) is 36.4 Å². The van der Waals surface area contributed by atoms with E-state index in [1.54, 1.807) is 55.5 Å². The molecule has 0 saturated heterocycles. The SMILES string of the molecule is CC(O)CC(O)COC(=O)c1ccccc1.O=S(=O)(O)c1ccccc1. The first-order valence-corrected chi connectivity index (χ1v) is 9.25. The predicted molar refractivity (Wildman–Crippen MR) is 95.3 cm³/mol. The lowest BCUT2D eigenvalue weighted by Crippen LogP contribution is -2.22. The molecule has 26 heavy (non-hydrogen) atoms. The molecular weight excluding hydrogens is 360 g/mol. The van der Waals surface area contributed by atoms with E-state index in [0.717, 1.165) is 0 Å². The number of hydrogen-bond acceptors (Lipinski definition) is 6. The van der Waals surface area contributed by atoms with Crippen LogP contribution >= 0.6 is 0 Å². The molecule has 0 heterocycles. The average Bonchev–Trinajstić information content (AvgIpc) is 2.60. The van der Waals surface area contributed by atoms with Crippen molar-refractivity contribution in [1.29, 1.82) is 0 Å². The van der Waals surface area contributed by atoms with E-state index < -0.39 is 28.3 Å². The van der Waals surface area contributed by atoms with Crippen LogP contribution in [0.2, 0.25) is 0 Å². The highest BCUT2D eigenvalue weighted by atomic mass is 32.2. The Balaban J connectivity index is 0.000000289. The molecule has 0 bridgehead atoms. The molecule has 2 unspecified atom stereocenters. The molecule has 0 amide bonds. The number of ether oxygens (including phenoxy) is 1. The Kier molecular flexibility index (Phi) is 8.94. The molecule has 2 aromatic rings. The van der Waals surface area contributed by atoms with E-state index in [9.17, 15) is 18.3 Å². The van der Waals surface area contributed by atoms with Gasteiger partial charge in [0.1, 0.15) is 6.61 Å². The molecular formula is C18H22O7S. The summed E-state index contributed by atoms with van der Waals surface area (Å²) in [7, 11) is -4.00. The lowest BCUT2D eigenvalue weighted by Gasteiger charge is -2.12. The molecule has 8 heteroatoms. The fraction of sp³-hybridized carbons (Fsp3) is 0.278. The van der Waals surface area contributed by atoms with Gasteiger partial charge in [-0.2, -0.15) is 8.42 Å². The van der Waals surface area contributed by atoms with Crippen LogP contribution in [-0.2, 0) is 14.9 Å². The standard InChI is InChI=1S/C12H16O4.C6H6O3S/c1-9(13)7-11(14)8-16-12(15)10-5-3-2-4-6-10;7-10(8,9)6-4-2-1-3-5-6/h2-6,9,11,13-14H,7-8H2,1H3;1-5H,(H,7,8,9). The third-order valence-electron chi connectivity index (χ3n) is 3.07. The maximum absolute atomic E-state index is 11.4. The Morgan fingerprint density at radius 3 is 1.92 bits per heavy atom. The lowest BCUT2D eigenvalue weighted by atomic mass is 10.2. The molecule has 0 aliphatic carbocycles. The van der Waals surface area contributed by atoms with Crippen LogP contribution < -0.4 is 0 Å². The second-order valence-corrected chi connectivity index (χ2v) is 6.91. The largest absolute Gasteiger partial charge is 0.459 e. The maximum Gasteiger partial charge on any atom is 0.338 e. The first kappa shape index (κ1) is 21.8. The fourth-order valence-corrected chi connectivity index (χ4v) is 2.38. The number of benzene rings is 2. The first-order chi connectivity index (χ1) is 12.2. The number of aliphatic hydroxyl groups excluding tert-OH is 2. The number of carbonyl (C=O) groups is 1. The van der Waals surface area contributed by atoms with E-state index >= 15 is 0 Å². The molecule has 0 aliphatic heterocycles. The van der Waals surface area contributed by atoms with Crippen LogP contribution in [-0.4, -0.2) is 48.0 Å². The summed E-state index contributed by atoms with van der Waals surface area (Å²) in [4.78, 5) is 11.4. The van der Waals surface area contributed by atoms with Gasteiger partial charge in [0.15, 0.2) is 0 Å². The molecule has 0 aromatic heterocycles. The zero-order chi connectivity index (χ0) is 19.6. The van der Waals surface area contributed by atoms with Crippen molar-refractivity contribution in [2.45, 2.75) is 30.4 Å². The van der Waals surface area contributed by atoms with Crippen LogP contribution in [0.25, 0.3) is 0 Å². The quantitative estimate of drug-likeness (QED) is 0.515. The summed E-state index contributed by atoms with van der Waals surface area (Å²) < 4.78 is 34.1. The summed E-state index contributed by atoms with van der Waals surface area (Å²) >= 11 is 0. The van der Waals surface area contributed by atoms with Gasteiger partial charge in [-0.05, 0) is 31.2 Å². The Labute approximate surface area is 152 Å². The average molecular weight is 382 g/mol.